The van der Waals surface area contributed by atoms with Crippen molar-refractivity contribution in [2.45, 2.75) is 46.3 Å². The predicted octanol–water partition coefficient (Wildman–Crippen LogP) is 5.78. The standard InChI is InChI=1S/C31H29ClN2O4S/c1-5-16-37-25-15-14-20-10-6-7-11-21(20)23(25)17-26-29(35)34-28(22-12-8-9-13-24(22)32)27(30(36)38-18(2)3)19(4)33-31(34)39-26/h6-15,17-18,28H,5,16H2,1-4H3. The highest BCUT2D eigenvalue weighted by molar-refractivity contribution is 7.07. The molecule has 0 saturated carbocycles. The van der Waals surface area contributed by atoms with Crippen LogP contribution in [0.4, 0.5) is 0 Å². The highest BCUT2D eigenvalue weighted by Crippen LogP contribution is 2.35. The van der Waals surface area contributed by atoms with Crippen LogP contribution in [0.2, 0.25) is 5.02 Å². The summed E-state index contributed by atoms with van der Waals surface area (Å²) in [5, 5.41) is 2.48. The van der Waals surface area contributed by atoms with Crippen LogP contribution in [-0.2, 0) is 9.53 Å². The minimum Gasteiger partial charge on any atom is -0.493 e. The van der Waals surface area contributed by atoms with Crippen molar-refractivity contribution >= 4 is 45.8 Å². The Hall–Kier alpha value is -3.68. The number of esters is 1. The second-order valence-corrected chi connectivity index (χ2v) is 11.0. The van der Waals surface area contributed by atoms with Crippen LogP contribution in [0.15, 0.2) is 81.7 Å². The molecule has 0 amide bonds. The van der Waals surface area contributed by atoms with E-state index >= 15 is 0 Å². The van der Waals surface area contributed by atoms with Crippen LogP contribution in [-0.4, -0.2) is 23.2 Å². The number of hydrogen-bond donors (Lipinski definition) is 0. The molecule has 0 aliphatic carbocycles. The molecule has 5 rings (SSSR count). The highest BCUT2D eigenvalue weighted by Gasteiger charge is 2.34. The molecule has 0 spiro atoms. The van der Waals surface area contributed by atoms with E-state index in [1.165, 1.54) is 11.3 Å². The lowest BCUT2D eigenvalue weighted by atomic mass is 9.96. The molecule has 6 nitrogen and oxygen atoms in total. The van der Waals surface area contributed by atoms with Gasteiger partial charge in [0.1, 0.15) is 11.8 Å². The Balaban J connectivity index is 1.77. The van der Waals surface area contributed by atoms with Gasteiger partial charge in [-0.05, 0) is 61.7 Å². The van der Waals surface area contributed by atoms with Crippen LogP contribution < -0.4 is 19.6 Å². The molecule has 0 radical (unpaired) electrons. The zero-order valence-corrected chi connectivity index (χ0v) is 23.8. The van der Waals surface area contributed by atoms with Crippen LogP contribution in [0.25, 0.3) is 16.8 Å². The number of halogens is 1. The van der Waals surface area contributed by atoms with Crippen molar-refractivity contribution in [1.82, 2.24) is 4.57 Å². The lowest BCUT2D eigenvalue weighted by Gasteiger charge is -2.26. The van der Waals surface area contributed by atoms with Gasteiger partial charge in [0.25, 0.3) is 5.56 Å². The van der Waals surface area contributed by atoms with Crippen molar-refractivity contribution in [3.05, 3.63) is 108 Å². The Labute approximate surface area is 235 Å². The third-order valence-corrected chi connectivity index (χ3v) is 7.78. The summed E-state index contributed by atoms with van der Waals surface area (Å²) in [5.41, 5.74) is 1.99. The van der Waals surface area contributed by atoms with E-state index in [2.05, 4.69) is 11.9 Å². The first-order chi connectivity index (χ1) is 18.8. The second kappa shape index (κ2) is 11.2. The Bertz CT molecular complexity index is 1780. The number of aromatic nitrogens is 1. The van der Waals surface area contributed by atoms with Gasteiger partial charge < -0.3 is 9.47 Å². The van der Waals surface area contributed by atoms with Gasteiger partial charge in [-0.15, -0.1) is 0 Å². The molecule has 0 fully saturated rings. The molecule has 1 unspecified atom stereocenters. The molecule has 3 aromatic carbocycles. The molecular formula is C31H29ClN2O4S. The molecule has 1 aliphatic rings. The number of thiazole rings is 1. The molecule has 0 bridgehead atoms. The Morgan fingerprint density at radius 2 is 1.87 bits per heavy atom. The van der Waals surface area contributed by atoms with Gasteiger partial charge in [0.2, 0.25) is 0 Å². The van der Waals surface area contributed by atoms with Crippen molar-refractivity contribution < 1.29 is 14.3 Å². The highest BCUT2D eigenvalue weighted by atomic mass is 35.5. The van der Waals surface area contributed by atoms with Crippen LogP contribution in [0, 0.1) is 0 Å². The van der Waals surface area contributed by atoms with Gasteiger partial charge >= 0.3 is 5.97 Å². The van der Waals surface area contributed by atoms with Gasteiger partial charge in [0.15, 0.2) is 4.80 Å². The fourth-order valence-electron chi connectivity index (χ4n) is 4.74. The molecule has 2 heterocycles. The summed E-state index contributed by atoms with van der Waals surface area (Å²) in [6, 6.07) is 18.4. The average Bonchev–Trinajstić information content (AvgIpc) is 3.21. The topological polar surface area (TPSA) is 69.9 Å². The van der Waals surface area contributed by atoms with Gasteiger partial charge in [-0.3, -0.25) is 9.36 Å². The summed E-state index contributed by atoms with van der Waals surface area (Å²) in [7, 11) is 0. The molecule has 1 atom stereocenters. The number of hydrogen-bond acceptors (Lipinski definition) is 6. The zero-order chi connectivity index (χ0) is 27.7. The van der Waals surface area contributed by atoms with Gasteiger partial charge in [0.05, 0.1) is 28.5 Å². The molecule has 4 aromatic rings. The summed E-state index contributed by atoms with van der Waals surface area (Å²) in [5.74, 6) is 0.191. The number of benzene rings is 3. The van der Waals surface area contributed by atoms with E-state index in [4.69, 9.17) is 21.1 Å². The van der Waals surface area contributed by atoms with Gasteiger partial charge in [-0.1, -0.05) is 78.4 Å². The monoisotopic (exact) mass is 560 g/mol. The van der Waals surface area contributed by atoms with Crippen molar-refractivity contribution in [3.8, 4) is 5.75 Å². The maximum absolute atomic E-state index is 14.1. The summed E-state index contributed by atoms with van der Waals surface area (Å²) in [6.07, 6.45) is 2.40. The molecule has 1 aromatic heterocycles. The average molecular weight is 561 g/mol. The van der Waals surface area contributed by atoms with E-state index in [1.54, 1.807) is 31.4 Å². The quantitative estimate of drug-likeness (QED) is 0.269. The van der Waals surface area contributed by atoms with Gasteiger partial charge in [-0.2, -0.15) is 0 Å². The zero-order valence-electron chi connectivity index (χ0n) is 22.2. The van der Waals surface area contributed by atoms with E-state index in [0.29, 0.717) is 43.5 Å². The first-order valence-corrected chi connectivity index (χ1v) is 14.1. The second-order valence-electron chi connectivity index (χ2n) is 9.60. The molecular weight excluding hydrogens is 532 g/mol. The molecule has 0 saturated heterocycles. The number of ether oxygens (including phenoxy) is 2. The molecule has 0 N–H and O–H groups in total. The predicted molar refractivity (Wildman–Crippen MR) is 156 cm³/mol. The molecule has 39 heavy (non-hydrogen) atoms. The number of rotatable bonds is 7. The number of nitrogens with zero attached hydrogens (tertiary/aromatic N) is 2. The van der Waals surface area contributed by atoms with Crippen molar-refractivity contribution in [3.63, 3.8) is 0 Å². The summed E-state index contributed by atoms with van der Waals surface area (Å²) >= 11 is 7.91. The normalized spacial score (nSPS) is 15.4. The maximum atomic E-state index is 14.1. The van der Waals surface area contributed by atoms with Crippen LogP contribution >= 0.6 is 22.9 Å². The Morgan fingerprint density at radius 1 is 1.13 bits per heavy atom. The Kier molecular flexibility index (Phi) is 7.73. The first-order valence-electron chi connectivity index (χ1n) is 12.9. The van der Waals surface area contributed by atoms with E-state index in [-0.39, 0.29) is 11.7 Å². The number of allylic oxidation sites excluding steroid dienone is 1. The van der Waals surface area contributed by atoms with Crippen LogP contribution in [0.3, 0.4) is 0 Å². The summed E-state index contributed by atoms with van der Waals surface area (Å²) in [6.45, 7) is 7.95. The molecule has 1 aliphatic heterocycles. The maximum Gasteiger partial charge on any atom is 0.338 e. The van der Waals surface area contributed by atoms with E-state index in [0.717, 1.165) is 22.8 Å². The van der Waals surface area contributed by atoms with E-state index < -0.39 is 12.0 Å². The van der Waals surface area contributed by atoms with Crippen LogP contribution in [0.5, 0.6) is 5.75 Å². The van der Waals surface area contributed by atoms with Gasteiger partial charge in [0, 0.05) is 10.6 Å². The third-order valence-electron chi connectivity index (χ3n) is 6.45. The summed E-state index contributed by atoms with van der Waals surface area (Å²) in [4.78, 5) is 32.6. The minimum atomic E-state index is -0.772. The lowest BCUT2D eigenvalue weighted by Crippen LogP contribution is -2.40. The first kappa shape index (κ1) is 26.9. The fraction of sp³-hybridized carbons (Fsp3) is 0.258. The fourth-order valence-corrected chi connectivity index (χ4v) is 6.01. The largest absolute Gasteiger partial charge is 0.493 e. The number of carbonyl (C=O) groups is 1. The van der Waals surface area contributed by atoms with Crippen molar-refractivity contribution in [1.29, 1.82) is 0 Å². The molecule has 200 valence electrons. The van der Waals surface area contributed by atoms with E-state index in [1.807, 2.05) is 60.7 Å². The van der Waals surface area contributed by atoms with Crippen molar-refractivity contribution in [2.24, 2.45) is 4.99 Å². The summed E-state index contributed by atoms with van der Waals surface area (Å²) < 4.78 is 13.7. The van der Waals surface area contributed by atoms with E-state index in [9.17, 15) is 9.59 Å². The lowest BCUT2D eigenvalue weighted by molar-refractivity contribution is -0.143. The number of fused-ring (bicyclic) bond motifs is 2. The number of carbonyl (C=O) groups excluding carboxylic acids is 1. The SMILES string of the molecule is CCCOc1ccc2ccccc2c1C=c1sc2n(c1=O)C(c1ccccc1Cl)C(C(=O)OC(C)C)=C(C)N=2. The molecule has 8 heteroatoms. The van der Waals surface area contributed by atoms with Gasteiger partial charge in [-0.25, -0.2) is 9.79 Å². The minimum absolute atomic E-state index is 0.264. The third kappa shape index (κ3) is 5.16. The Morgan fingerprint density at radius 3 is 2.62 bits per heavy atom. The van der Waals surface area contributed by atoms with Crippen LogP contribution in [0.1, 0.15) is 51.3 Å². The van der Waals surface area contributed by atoms with Crippen molar-refractivity contribution in [2.75, 3.05) is 6.61 Å². The smallest absolute Gasteiger partial charge is 0.338 e.